The van der Waals surface area contributed by atoms with Gasteiger partial charge in [-0.05, 0) is 18.9 Å². The van der Waals surface area contributed by atoms with E-state index in [9.17, 15) is 4.79 Å². The molecule has 0 radical (unpaired) electrons. The van der Waals surface area contributed by atoms with Crippen LogP contribution in [0.1, 0.15) is 19.1 Å². The largest absolute Gasteiger partial charge is 0.358 e. The number of hydrogen-bond acceptors (Lipinski definition) is 5. The standard InChI is InChI=1S/C8H11N3O3/c12-8-9-6(10-13)3-4-11(8)7-2-1-5-14-7/h3-4,7,13H,1-2,5H2,(H,9,10,12)/t7-/m0/s1. The number of rotatable bonds is 2. The lowest BCUT2D eigenvalue weighted by atomic mass is 10.3. The van der Waals surface area contributed by atoms with E-state index in [2.05, 4.69) is 4.98 Å². The molecule has 1 atom stereocenters. The van der Waals surface area contributed by atoms with E-state index in [1.54, 1.807) is 6.20 Å². The summed E-state index contributed by atoms with van der Waals surface area (Å²) in [5.74, 6) is 0.143. The van der Waals surface area contributed by atoms with Crippen molar-refractivity contribution in [3.05, 3.63) is 22.7 Å². The van der Waals surface area contributed by atoms with Crippen molar-refractivity contribution in [2.24, 2.45) is 0 Å². The topological polar surface area (TPSA) is 76.4 Å². The minimum atomic E-state index is -0.420. The fourth-order valence-corrected chi connectivity index (χ4v) is 1.47. The zero-order valence-electron chi connectivity index (χ0n) is 7.51. The van der Waals surface area contributed by atoms with E-state index in [1.165, 1.54) is 10.6 Å². The average molecular weight is 197 g/mol. The molecule has 2 rings (SSSR count). The predicted molar refractivity (Wildman–Crippen MR) is 48.1 cm³/mol. The zero-order chi connectivity index (χ0) is 9.97. The number of nitrogens with one attached hydrogen (secondary N) is 1. The Morgan fingerprint density at radius 1 is 1.71 bits per heavy atom. The summed E-state index contributed by atoms with van der Waals surface area (Å²) >= 11 is 0. The molecule has 6 nitrogen and oxygen atoms in total. The molecule has 76 valence electrons. The summed E-state index contributed by atoms with van der Waals surface area (Å²) in [5, 5.41) is 8.53. The van der Waals surface area contributed by atoms with Crippen LogP contribution in [-0.2, 0) is 4.74 Å². The Hall–Kier alpha value is -1.40. The van der Waals surface area contributed by atoms with Crippen LogP contribution < -0.4 is 11.2 Å². The van der Waals surface area contributed by atoms with Crippen LogP contribution in [0.4, 0.5) is 5.82 Å². The molecule has 1 saturated heterocycles. The van der Waals surface area contributed by atoms with Crippen molar-refractivity contribution < 1.29 is 9.94 Å². The molecule has 14 heavy (non-hydrogen) atoms. The first-order chi connectivity index (χ1) is 6.81. The molecule has 1 fully saturated rings. The Morgan fingerprint density at radius 2 is 2.57 bits per heavy atom. The molecule has 0 saturated carbocycles. The van der Waals surface area contributed by atoms with Gasteiger partial charge < -0.3 is 4.74 Å². The van der Waals surface area contributed by atoms with Crippen molar-refractivity contribution in [2.75, 3.05) is 12.1 Å². The molecule has 0 spiro atoms. The maximum absolute atomic E-state index is 11.4. The van der Waals surface area contributed by atoms with Crippen molar-refractivity contribution in [1.82, 2.24) is 9.55 Å². The third-order valence-electron chi connectivity index (χ3n) is 2.16. The molecule has 1 aromatic heterocycles. The summed E-state index contributed by atoms with van der Waals surface area (Å²) in [6.07, 6.45) is 3.14. The molecule has 0 amide bonds. The van der Waals surface area contributed by atoms with Gasteiger partial charge in [0.05, 0.1) is 0 Å². The summed E-state index contributed by atoms with van der Waals surface area (Å²) in [5.41, 5.74) is 1.40. The molecule has 0 unspecified atom stereocenters. The van der Waals surface area contributed by atoms with E-state index in [0.29, 0.717) is 6.61 Å². The molecule has 2 heterocycles. The highest BCUT2D eigenvalue weighted by atomic mass is 16.5. The maximum atomic E-state index is 11.4. The number of ether oxygens (including phenoxy) is 1. The Morgan fingerprint density at radius 3 is 3.14 bits per heavy atom. The minimum Gasteiger partial charge on any atom is -0.358 e. The normalized spacial score (nSPS) is 21.1. The summed E-state index contributed by atoms with van der Waals surface area (Å²) in [6, 6.07) is 1.52. The molecule has 0 aromatic carbocycles. The van der Waals surface area contributed by atoms with E-state index >= 15 is 0 Å². The van der Waals surface area contributed by atoms with E-state index in [-0.39, 0.29) is 12.0 Å². The zero-order valence-corrected chi connectivity index (χ0v) is 7.51. The van der Waals surface area contributed by atoms with Crippen LogP contribution in [0, 0.1) is 0 Å². The van der Waals surface area contributed by atoms with Gasteiger partial charge in [-0.3, -0.25) is 15.3 Å². The van der Waals surface area contributed by atoms with Gasteiger partial charge >= 0.3 is 5.69 Å². The summed E-state index contributed by atoms with van der Waals surface area (Å²) < 4.78 is 6.76. The van der Waals surface area contributed by atoms with Crippen LogP contribution in [0.25, 0.3) is 0 Å². The van der Waals surface area contributed by atoms with Crippen molar-refractivity contribution in [3.63, 3.8) is 0 Å². The van der Waals surface area contributed by atoms with Crippen molar-refractivity contribution >= 4 is 5.82 Å². The second-order valence-electron chi connectivity index (χ2n) is 3.08. The van der Waals surface area contributed by atoms with Gasteiger partial charge in [0.25, 0.3) is 0 Å². The third kappa shape index (κ3) is 1.61. The summed E-state index contributed by atoms with van der Waals surface area (Å²) in [6.45, 7) is 0.678. The lowest BCUT2D eigenvalue weighted by Crippen LogP contribution is -2.26. The minimum absolute atomic E-state index is 0.143. The molecule has 1 aliphatic heterocycles. The van der Waals surface area contributed by atoms with Crippen LogP contribution in [-0.4, -0.2) is 21.4 Å². The smallest absolute Gasteiger partial charge is 0.351 e. The second-order valence-corrected chi connectivity index (χ2v) is 3.08. The highest BCUT2D eigenvalue weighted by Crippen LogP contribution is 2.20. The van der Waals surface area contributed by atoms with Crippen LogP contribution in [0.3, 0.4) is 0 Å². The van der Waals surface area contributed by atoms with Gasteiger partial charge in [-0.25, -0.2) is 4.79 Å². The van der Waals surface area contributed by atoms with Crippen LogP contribution in [0.15, 0.2) is 17.1 Å². The van der Waals surface area contributed by atoms with E-state index in [1.807, 2.05) is 5.48 Å². The second kappa shape index (κ2) is 3.77. The Bertz CT molecular complexity index is 370. The molecule has 2 N–H and O–H groups in total. The summed E-state index contributed by atoms with van der Waals surface area (Å²) in [4.78, 5) is 15.0. The monoisotopic (exact) mass is 197 g/mol. The third-order valence-corrected chi connectivity index (χ3v) is 2.16. The Balaban J connectivity index is 2.30. The van der Waals surface area contributed by atoms with E-state index < -0.39 is 5.69 Å². The van der Waals surface area contributed by atoms with Crippen molar-refractivity contribution in [2.45, 2.75) is 19.1 Å². The van der Waals surface area contributed by atoms with Gasteiger partial charge in [0.15, 0.2) is 5.82 Å². The fourth-order valence-electron chi connectivity index (χ4n) is 1.47. The Kier molecular flexibility index (Phi) is 2.47. The molecule has 0 aliphatic carbocycles. The first-order valence-corrected chi connectivity index (χ1v) is 4.42. The lowest BCUT2D eigenvalue weighted by molar-refractivity contribution is 0.0527. The van der Waals surface area contributed by atoms with E-state index in [4.69, 9.17) is 9.94 Å². The Labute approximate surface area is 80.1 Å². The van der Waals surface area contributed by atoms with Crippen LogP contribution in [0.5, 0.6) is 0 Å². The van der Waals surface area contributed by atoms with Gasteiger partial charge in [0.1, 0.15) is 6.23 Å². The number of anilines is 1. The van der Waals surface area contributed by atoms with Crippen LogP contribution >= 0.6 is 0 Å². The fraction of sp³-hybridized carbons (Fsp3) is 0.500. The molecular formula is C8H11N3O3. The van der Waals surface area contributed by atoms with Crippen molar-refractivity contribution in [1.29, 1.82) is 0 Å². The first-order valence-electron chi connectivity index (χ1n) is 4.42. The number of nitrogens with zero attached hydrogens (tertiary/aromatic N) is 2. The molecule has 1 aromatic rings. The van der Waals surface area contributed by atoms with Gasteiger partial charge in [-0.2, -0.15) is 4.98 Å². The number of aromatic nitrogens is 2. The predicted octanol–water partition coefficient (Wildman–Crippen LogP) is 0.353. The van der Waals surface area contributed by atoms with Gasteiger partial charge in [0.2, 0.25) is 0 Å². The van der Waals surface area contributed by atoms with Crippen LogP contribution in [0.2, 0.25) is 0 Å². The number of hydrogen-bond donors (Lipinski definition) is 2. The first kappa shape index (κ1) is 9.17. The summed E-state index contributed by atoms with van der Waals surface area (Å²) in [7, 11) is 0. The van der Waals surface area contributed by atoms with Gasteiger partial charge in [-0.15, -0.1) is 0 Å². The van der Waals surface area contributed by atoms with Crippen molar-refractivity contribution in [3.8, 4) is 0 Å². The molecule has 1 aliphatic rings. The highest BCUT2D eigenvalue weighted by Gasteiger charge is 2.18. The molecule has 6 heteroatoms. The SMILES string of the molecule is O=c1nc(NO)ccn1[C@@H]1CCCO1. The average Bonchev–Trinajstić information content (AvgIpc) is 2.70. The molecular weight excluding hydrogens is 186 g/mol. The lowest BCUT2D eigenvalue weighted by Gasteiger charge is -2.12. The van der Waals surface area contributed by atoms with Gasteiger partial charge in [0, 0.05) is 12.8 Å². The van der Waals surface area contributed by atoms with Gasteiger partial charge in [-0.1, -0.05) is 0 Å². The maximum Gasteiger partial charge on any atom is 0.351 e. The molecule has 0 bridgehead atoms. The quantitative estimate of drug-likeness (QED) is 0.669. The van der Waals surface area contributed by atoms with E-state index in [0.717, 1.165) is 12.8 Å². The highest BCUT2D eigenvalue weighted by molar-refractivity contribution is 5.27.